The molecule has 1 aromatic rings. The smallest absolute Gasteiger partial charge is 0.269 e. The van der Waals surface area contributed by atoms with Crippen LogP contribution in [0.1, 0.15) is 18.4 Å². The maximum Gasteiger partial charge on any atom is 0.269 e. The number of nitrogens with zero attached hydrogens (tertiary/aromatic N) is 2. The summed E-state index contributed by atoms with van der Waals surface area (Å²) in [7, 11) is 0. The van der Waals surface area contributed by atoms with Crippen LogP contribution in [0, 0.1) is 16.0 Å². The van der Waals surface area contributed by atoms with Gasteiger partial charge in [0.25, 0.3) is 5.69 Å². The van der Waals surface area contributed by atoms with E-state index in [-0.39, 0.29) is 18.2 Å². The highest BCUT2D eigenvalue weighted by Crippen LogP contribution is 2.25. The lowest BCUT2D eigenvalue weighted by molar-refractivity contribution is -0.384. The van der Waals surface area contributed by atoms with E-state index in [2.05, 4.69) is 10.3 Å². The Kier molecular flexibility index (Phi) is 4.89. The van der Waals surface area contributed by atoms with Crippen LogP contribution in [0.4, 0.5) is 11.4 Å². The van der Waals surface area contributed by atoms with E-state index in [9.17, 15) is 15.2 Å². The first kappa shape index (κ1) is 14.7. The van der Waals surface area contributed by atoms with Crippen LogP contribution in [0.3, 0.4) is 0 Å². The summed E-state index contributed by atoms with van der Waals surface area (Å²) in [5.41, 5.74) is 4.14. The number of nitrogen functional groups attached to an aromatic ring is 1. The molecule has 20 heavy (non-hydrogen) atoms. The summed E-state index contributed by atoms with van der Waals surface area (Å²) in [5.74, 6) is 5.75. The van der Waals surface area contributed by atoms with Gasteiger partial charge in [-0.2, -0.15) is 0 Å². The summed E-state index contributed by atoms with van der Waals surface area (Å²) in [4.78, 5) is 12.6. The quantitative estimate of drug-likeness (QED) is 0.423. The van der Waals surface area contributed by atoms with Crippen LogP contribution in [0.25, 0.3) is 0 Å². The molecule has 1 heterocycles. The fraction of sp³-hybridized carbons (Fsp3) is 0.538. The molecule has 1 fully saturated rings. The van der Waals surface area contributed by atoms with E-state index < -0.39 is 4.92 Å². The van der Waals surface area contributed by atoms with Gasteiger partial charge in [0.2, 0.25) is 0 Å². The van der Waals surface area contributed by atoms with E-state index in [1.807, 2.05) is 0 Å². The van der Waals surface area contributed by atoms with Crippen molar-refractivity contribution < 1.29 is 10.0 Å². The Labute approximate surface area is 117 Å². The molecule has 7 nitrogen and oxygen atoms in total. The van der Waals surface area contributed by atoms with Crippen LogP contribution >= 0.6 is 0 Å². The van der Waals surface area contributed by atoms with Crippen molar-refractivity contribution in [2.75, 3.05) is 25.1 Å². The molecule has 2 rings (SSSR count). The van der Waals surface area contributed by atoms with Crippen molar-refractivity contribution in [3.63, 3.8) is 0 Å². The van der Waals surface area contributed by atoms with Crippen molar-refractivity contribution >= 4 is 11.4 Å². The molecule has 0 spiro atoms. The molecule has 0 amide bonds. The minimum absolute atomic E-state index is 0.0646. The number of hydrazine groups is 1. The predicted molar refractivity (Wildman–Crippen MR) is 76.0 cm³/mol. The number of nitrogens with one attached hydrogen (secondary N) is 1. The molecule has 0 bridgehead atoms. The van der Waals surface area contributed by atoms with Gasteiger partial charge < -0.3 is 10.5 Å². The Morgan fingerprint density at radius 3 is 3.00 bits per heavy atom. The molecular weight excluding hydrogens is 260 g/mol. The number of nitro groups is 1. The fourth-order valence-electron chi connectivity index (χ4n) is 2.65. The number of non-ortho nitro benzene ring substituents is 1. The maximum atomic E-state index is 10.9. The molecule has 0 aliphatic carbocycles. The molecule has 1 unspecified atom stereocenters. The molecule has 1 atom stereocenters. The van der Waals surface area contributed by atoms with Crippen molar-refractivity contribution in [2.24, 2.45) is 11.8 Å². The normalized spacial score (nSPS) is 19.8. The third-order valence-electron chi connectivity index (χ3n) is 3.71. The van der Waals surface area contributed by atoms with Gasteiger partial charge in [0.15, 0.2) is 0 Å². The number of benzene rings is 1. The number of rotatable bonds is 5. The second-order valence-electron chi connectivity index (χ2n) is 5.17. The molecule has 110 valence electrons. The number of hydrogen-bond acceptors (Lipinski definition) is 6. The summed E-state index contributed by atoms with van der Waals surface area (Å²) in [6.45, 7) is 2.53. The molecule has 1 aliphatic heterocycles. The standard InChI is InChI=1S/C13H20N4O3/c14-15-13-4-3-12(17(19)20)6-11(13)8-16-5-1-2-10(7-16)9-18/h3-4,6,10,15,18H,1-2,5,7-9,14H2. The maximum absolute atomic E-state index is 10.9. The van der Waals surface area contributed by atoms with Crippen molar-refractivity contribution in [1.82, 2.24) is 4.90 Å². The Morgan fingerprint density at radius 1 is 1.55 bits per heavy atom. The molecule has 0 radical (unpaired) electrons. The van der Waals surface area contributed by atoms with Crippen molar-refractivity contribution in [3.05, 3.63) is 33.9 Å². The third kappa shape index (κ3) is 3.44. The summed E-state index contributed by atoms with van der Waals surface area (Å²) in [5, 5.41) is 20.1. The molecule has 1 aromatic carbocycles. The Morgan fingerprint density at radius 2 is 2.35 bits per heavy atom. The van der Waals surface area contributed by atoms with Gasteiger partial charge in [-0.25, -0.2) is 0 Å². The van der Waals surface area contributed by atoms with Gasteiger partial charge >= 0.3 is 0 Å². The second kappa shape index (κ2) is 6.65. The average Bonchev–Trinajstić information content (AvgIpc) is 2.47. The van der Waals surface area contributed by atoms with Gasteiger partial charge in [-0.3, -0.25) is 20.9 Å². The lowest BCUT2D eigenvalue weighted by atomic mass is 9.98. The number of aliphatic hydroxyl groups excluding tert-OH is 1. The topological polar surface area (TPSA) is 105 Å². The van der Waals surface area contributed by atoms with E-state index in [0.29, 0.717) is 12.2 Å². The molecule has 0 aromatic heterocycles. The van der Waals surface area contributed by atoms with E-state index in [1.165, 1.54) is 6.07 Å². The first-order valence-electron chi connectivity index (χ1n) is 6.71. The third-order valence-corrected chi connectivity index (χ3v) is 3.71. The van der Waals surface area contributed by atoms with Gasteiger partial charge in [-0.15, -0.1) is 0 Å². The number of nitro benzene ring substituents is 1. The van der Waals surface area contributed by atoms with Gasteiger partial charge in [0.05, 0.1) is 10.6 Å². The van der Waals surface area contributed by atoms with E-state index in [4.69, 9.17) is 5.84 Å². The zero-order chi connectivity index (χ0) is 14.5. The lowest BCUT2D eigenvalue weighted by Crippen LogP contribution is -2.36. The first-order valence-corrected chi connectivity index (χ1v) is 6.71. The number of aliphatic hydroxyl groups is 1. The van der Waals surface area contributed by atoms with Gasteiger partial charge in [0.1, 0.15) is 0 Å². The van der Waals surface area contributed by atoms with Gasteiger partial charge in [0, 0.05) is 31.8 Å². The molecule has 0 saturated carbocycles. The number of anilines is 1. The number of nitrogens with two attached hydrogens (primary N) is 1. The van der Waals surface area contributed by atoms with Crippen LogP contribution in [-0.4, -0.2) is 34.6 Å². The Bertz CT molecular complexity index is 481. The number of hydrogen-bond donors (Lipinski definition) is 3. The number of piperidine rings is 1. The molecule has 7 heteroatoms. The molecule has 1 saturated heterocycles. The summed E-state index contributed by atoms with van der Waals surface area (Å²) in [6.07, 6.45) is 2.06. The van der Waals surface area contributed by atoms with Crippen LogP contribution in [0.2, 0.25) is 0 Å². The lowest BCUT2D eigenvalue weighted by Gasteiger charge is -2.32. The summed E-state index contributed by atoms with van der Waals surface area (Å²) >= 11 is 0. The van der Waals surface area contributed by atoms with Crippen LogP contribution in [0.5, 0.6) is 0 Å². The molecule has 4 N–H and O–H groups in total. The van der Waals surface area contributed by atoms with Crippen molar-refractivity contribution in [2.45, 2.75) is 19.4 Å². The molecular formula is C13H20N4O3. The van der Waals surface area contributed by atoms with E-state index in [0.717, 1.165) is 31.5 Å². The van der Waals surface area contributed by atoms with Gasteiger partial charge in [-0.05, 0) is 36.9 Å². The summed E-state index contributed by atoms with van der Waals surface area (Å²) in [6, 6.07) is 4.62. The first-order chi connectivity index (χ1) is 9.63. The van der Waals surface area contributed by atoms with Gasteiger partial charge in [-0.1, -0.05) is 0 Å². The fourth-order valence-corrected chi connectivity index (χ4v) is 2.65. The van der Waals surface area contributed by atoms with E-state index in [1.54, 1.807) is 12.1 Å². The zero-order valence-electron chi connectivity index (χ0n) is 11.3. The van der Waals surface area contributed by atoms with Crippen LogP contribution in [0.15, 0.2) is 18.2 Å². The minimum atomic E-state index is -0.406. The van der Waals surface area contributed by atoms with Crippen molar-refractivity contribution in [1.29, 1.82) is 0 Å². The number of likely N-dealkylation sites (tertiary alicyclic amines) is 1. The largest absolute Gasteiger partial charge is 0.396 e. The average molecular weight is 280 g/mol. The minimum Gasteiger partial charge on any atom is -0.396 e. The SMILES string of the molecule is NNc1ccc([N+](=O)[O-])cc1CN1CCCC(CO)C1. The Hall–Kier alpha value is -1.70. The predicted octanol–water partition coefficient (Wildman–Crippen LogP) is 1.08. The van der Waals surface area contributed by atoms with E-state index >= 15 is 0 Å². The summed E-state index contributed by atoms with van der Waals surface area (Å²) < 4.78 is 0. The zero-order valence-corrected chi connectivity index (χ0v) is 11.3. The highest BCUT2D eigenvalue weighted by atomic mass is 16.6. The second-order valence-corrected chi connectivity index (χ2v) is 5.17. The van der Waals surface area contributed by atoms with Crippen LogP contribution in [-0.2, 0) is 6.54 Å². The highest BCUT2D eigenvalue weighted by Gasteiger charge is 2.21. The van der Waals surface area contributed by atoms with Crippen molar-refractivity contribution in [3.8, 4) is 0 Å². The van der Waals surface area contributed by atoms with Crippen LogP contribution < -0.4 is 11.3 Å². The highest BCUT2D eigenvalue weighted by molar-refractivity contribution is 5.55. The monoisotopic (exact) mass is 280 g/mol. The Balaban J connectivity index is 2.14. The molecule has 1 aliphatic rings.